The molecular formula is C11H15FN2O2. The normalized spacial score (nSPS) is 20.8. The van der Waals surface area contributed by atoms with Gasteiger partial charge in [-0.1, -0.05) is 0 Å². The van der Waals surface area contributed by atoms with Gasteiger partial charge in [-0.15, -0.1) is 0 Å². The van der Waals surface area contributed by atoms with E-state index in [-0.39, 0.29) is 17.3 Å². The first kappa shape index (κ1) is 11.1. The van der Waals surface area contributed by atoms with Gasteiger partial charge in [0.15, 0.2) is 0 Å². The number of anilines is 1. The summed E-state index contributed by atoms with van der Waals surface area (Å²) in [6.07, 6.45) is 3.01. The Labute approximate surface area is 93.0 Å². The van der Waals surface area contributed by atoms with Crippen LogP contribution in [-0.4, -0.2) is 24.8 Å². The molecule has 0 bridgehead atoms. The Morgan fingerprint density at radius 1 is 1.62 bits per heavy atom. The minimum atomic E-state index is -0.408. The SMILES string of the molecule is CNc1cc(F)cn(C2CCCOC2)c1=O. The van der Waals surface area contributed by atoms with E-state index in [1.165, 1.54) is 16.8 Å². The molecule has 1 aliphatic heterocycles. The molecule has 1 N–H and O–H groups in total. The molecule has 1 atom stereocenters. The number of hydrogen-bond acceptors (Lipinski definition) is 3. The average molecular weight is 226 g/mol. The summed E-state index contributed by atoms with van der Waals surface area (Å²) in [6.45, 7) is 1.20. The Bertz CT molecular complexity index is 424. The molecule has 0 radical (unpaired) electrons. The molecule has 1 aliphatic rings. The molecule has 0 spiro atoms. The zero-order valence-corrected chi connectivity index (χ0v) is 9.20. The molecule has 0 amide bonds. The van der Waals surface area contributed by atoms with Crippen molar-refractivity contribution in [1.82, 2.24) is 4.57 Å². The first-order valence-corrected chi connectivity index (χ1v) is 5.39. The lowest BCUT2D eigenvalue weighted by Crippen LogP contribution is -2.31. The van der Waals surface area contributed by atoms with E-state index in [0.717, 1.165) is 19.4 Å². The predicted molar refractivity (Wildman–Crippen MR) is 59.3 cm³/mol. The molecule has 88 valence electrons. The van der Waals surface area contributed by atoms with Crippen molar-refractivity contribution in [3.8, 4) is 0 Å². The third-order valence-electron chi connectivity index (χ3n) is 2.81. The Balaban J connectivity index is 2.38. The summed E-state index contributed by atoms with van der Waals surface area (Å²) in [4.78, 5) is 11.9. The van der Waals surface area contributed by atoms with Gasteiger partial charge in [0.05, 0.1) is 12.6 Å². The van der Waals surface area contributed by atoms with E-state index in [9.17, 15) is 9.18 Å². The highest BCUT2D eigenvalue weighted by atomic mass is 19.1. The summed E-state index contributed by atoms with van der Waals surface area (Å²) >= 11 is 0. The van der Waals surface area contributed by atoms with E-state index in [2.05, 4.69) is 5.32 Å². The topological polar surface area (TPSA) is 43.3 Å². The number of nitrogens with zero attached hydrogens (tertiary/aromatic N) is 1. The smallest absolute Gasteiger partial charge is 0.274 e. The summed E-state index contributed by atoms with van der Waals surface area (Å²) in [5.74, 6) is -0.408. The molecule has 2 heterocycles. The summed E-state index contributed by atoms with van der Waals surface area (Å²) < 4.78 is 20.0. The monoisotopic (exact) mass is 226 g/mol. The van der Waals surface area contributed by atoms with Crippen LogP contribution < -0.4 is 10.9 Å². The van der Waals surface area contributed by atoms with Gasteiger partial charge in [-0.25, -0.2) is 4.39 Å². The second kappa shape index (κ2) is 4.65. The van der Waals surface area contributed by atoms with Gasteiger partial charge in [0.25, 0.3) is 5.56 Å². The third-order valence-corrected chi connectivity index (χ3v) is 2.81. The Hall–Kier alpha value is -1.36. The molecule has 1 aromatic rings. The Morgan fingerprint density at radius 2 is 2.44 bits per heavy atom. The minimum Gasteiger partial charge on any atom is -0.384 e. The third kappa shape index (κ3) is 2.09. The van der Waals surface area contributed by atoms with E-state index in [1.54, 1.807) is 7.05 Å². The standard InChI is InChI=1S/C11H15FN2O2/c1-13-10-5-8(12)6-14(11(10)15)9-3-2-4-16-7-9/h5-6,9,13H,2-4,7H2,1H3. The van der Waals surface area contributed by atoms with Crippen molar-refractivity contribution in [1.29, 1.82) is 0 Å². The van der Waals surface area contributed by atoms with Crippen molar-refractivity contribution < 1.29 is 9.13 Å². The van der Waals surface area contributed by atoms with Crippen LogP contribution in [0.1, 0.15) is 18.9 Å². The molecule has 0 saturated carbocycles. The lowest BCUT2D eigenvalue weighted by atomic mass is 10.1. The molecule has 1 saturated heterocycles. The lowest BCUT2D eigenvalue weighted by Gasteiger charge is -2.24. The van der Waals surface area contributed by atoms with Crippen molar-refractivity contribution >= 4 is 5.69 Å². The molecule has 1 unspecified atom stereocenters. The van der Waals surface area contributed by atoms with Gasteiger partial charge in [-0.2, -0.15) is 0 Å². The van der Waals surface area contributed by atoms with Crippen LogP contribution in [0.15, 0.2) is 17.1 Å². The first-order chi connectivity index (χ1) is 7.72. The van der Waals surface area contributed by atoms with Crippen LogP contribution in [0.4, 0.5) is 10.1 Å². The summed E-state index contributed by atoms with van der Waals surface area (Å²) in [7, 11) is 1.61. The van der Waals surface area contributed by atoms with Crippen LogP contribution in [0.5, 0.6) is 0 Å². The van der Waals surface area contributed by atoms with Gasteiger partial charge in [0, 0.05) is 25.9 Å². The Morgan fingerprint density at radius 3 is 3.06 bits per heavy atom. The highest BCUT2D eigenvalue weighted by Gasteiger charge is 2.18. The number of aromatic nitrogens is 1. The van der Waals surface area contributed by atoms with Crippen LogP contribution in [-0.2, 0) is 4.74 Å². The molecule has 16 heavy (non-hydrogen) atoms. The molecule has 0 aromatic carbocycles. The molecule has 0 aliphatic carbocycles. The van der Waals surface area contributed by atoms with Gasteiger partial charge < -0.3 is 14.6 Å². The zero-order valence-electron chi connectivity index (χ0n) is 9.20. The number of nitrogens with one attached hydrogen (secondary N) is 1. The summed E-state index contributed by atoms with van der Waals surface area (Å²) in [5, 5.41) is 2.70. The van der Waals surface area contributed by atoms with Gasteiger partial charge >= 0.3 is 0 Å². The zero-order chi connectivity index (χ0) is 11.5. The van der Waals surface area contributed by atoms with Crippen molar-refractivity contribution in [3.05, 3.63) is 28.4 Å². The van der Waals surface area contributed by atoms with Gasteiger partial charge in [-0.3, -0.25) is 4.79 Å². The molecule has 4 nitrogen and oxygen atoms in total. The largest absolute Gasteiger partial charge is 0.384 e. The van der Waals surface area contributed by atoms with Crippen molar-refractivity contribution in [2.75, 3.05) is 25.6 Å². The maximum Gasteiger partial charge on any atom is 0.274 e. The number of pyridine rings is 1. The van der Waals surface area contributed by atoms with E-state index in [1.807, 2.05) is 0 Å². The van der Waals surface area contributed by atoms with Crippen LogP contribution >= 0.6 is 0 Å². The Kier molecular flexibility index (Phi) is 3.24. The van der Waals surface area contributed by atoms with Crippen molar-refractivity contribution in [2.24, 2.45) is 0 Å². The second-order valence-corrected chi connectivity index (χ2v) is 3.91. The fourth-order valence-corrected chi connectivity index (χ4v) is 1.96. The molecule has 5 heteroatoms. The van der Waals surface area contributed by atoms with E-state index in [0.29, 0.717) is 6.61 Å². The maximum atomic E-state index is 13.3. The second-order valence-electron chi connectivity index (χ2n) is 3.91. The molecular weight excluding hydrogens is 211 g/mol. The summed E-state index contributed by atoms with van der Waals surface area (Å²) in [6, 6.07) is 1.16. The van der Waals surface area contributed by atoms with Crippen LogP contribution in [0.25, 0.3) is 0 Å². The highest BCUT2D eigenvalue weighted by molar-refractivity contribution is 5.40. The number of halogens is 1. The quantitative estimate of drug-likeness (QED) is 0.828. The number of ether oxygens (including phenoxy) is 1. The maximum absolute atomic E-state index is 13.3. The van der Waals surface area contributed by atoms with Crippen molar-refractivity contribution in [3.63, 3.8) is 0 Å². The highest BCUT2D eigenvalue weighted by Crippen LogP contribution is 2.18. The first-order valence-electron chi connectivity index (χ1n) is 5.39. The van der Waals surface area contributed by atoms with Crippen LogP contribution in [0, 0.1) is 5.82 Å². The van der Waals surface area contributed by atoms with Crippen LogP contribution in [0.2, 0.25) is 0 Å². The van der Waals surface area contributed by atoms with E-state index < -0.39 is 5.82 Å². The molecule has 1 aromatic heterocycles. The minimum absolute atomic E-state index is 0.0518. The van der Waals surface area contributed by atoms with E-state index in [4.69, 9.17) is 4.74 Å². The molecule has 1 fully saturated rings. The fraction of sp³-hybridized carbons (Fsp3) is 0.545. The van der Waals surface area contributed by atoms with Gasteiger partial charge in [0.1, 0.15) is 11.5 Å². The predicted octanol–water partition coefficient (Wildman–Crippen LogP) is 1.38. The van der Waals surface area contributed by atoms with Crippen LogP contribution in [0.3, 0.4) is 0 Å². The average Bonchev–Trinajstić information content (AvgIpc) is 2.33. The van der Waals surface area contributed by atoms with E-state index >= 15 is 0 Å². The lowest BCUT2D eigenvalue weighted by molar-refractivity contribution is 0.0577. The fourth-order valence-electron chi connectivity index (χ4n) is 1.96. The van der Waals surface area contributed by atoms with Crippen molar-refractivity contribution in [2.45, 2.75) is 18.9 Å². The van der Waals surface area contributed by atoms with Gasteiger partial charge in [0.2, 0.25) is 0 Å². The number of hydrogen-bond donors (Lipinski definition) is 1. The number of rotatable bonds is 2. The molecule has 2 rings (SSSR count). The van der Waals surface area contributed by atoms with Gasteiger partial charge in [-0.05, 0) is 12.8 Å². The summed E-state index contributed by atoms with van der Waals surface area (Å²) in [5.41, 5.74) is 0.0879.